The van der Waals surface area contributed by atoms with Gasteiger partial charge in [-0.2, -0.15) is 12.7 Å². The average Bonchev–Trinajstić information content (AvgIpc) is 2.85. The summed E-state index contributed by atoms with van der Waals surface area (Å²) >= 11 is 0. The first-order valence-corrected chi connectivity index (χ1v) is 12.2. The summed E-state index contributed by atoms with van der Waals surface area (Å²) in [5.74, 6) is 0.589. The summed E-state index contributed by atoms with van der Waals surface area (Å²) in [7, 11) is -2.93. The van der Waals surface area contributed by atoms with Gasteiger partial charge in [-0.3, -0.25) is 0 Å². The highest BCUT2D eigenvalue weighted by atomic mass is 32.2. The molecule has 25 heavy (non-hydrogen) atoms. The summed E-state index contributed by atoms with van der Waals surface area (Å²) in [6.07, 6.45) is 1.50. The summed E-state index contributed by atoms with van der Waals surface area (Å²) in [6, 6.07) is 0. The van der Waals surface area contributed by atoms with Crippen LogP contribution in [0.4, 0.5) is 0 Å². The van der Waals surface area contributed by atoms with Gasteiger partial charge in [0.1, 0.15) is 5.76 Å². The average molecular weight is 388 g/mol. The second-order valence-electron chi connectivity index (χ2n) is 7.63. The molecule has 0 atom stereocenters. The maximum absolute atomic E-state index is 12.6. The number of aryl methyl sites for hydroxylation is 1. The minimum atomic E-state index is -3.69. The predicted octanol–water partition coefficient (Wildman–Crippen LogP) is 4.01. The third kappa shape index (κ3) is 4.01. The van der Waals surface area contributed by atoms with Crippen LogP contribution in [0.3, 0.4) is 0 Å². The van der Waals surface area contributed by atoms with E-state index in [1.807, 2.05) is 0 Å². The second kappa shape index (κ2) is 7.63. The first-order valence-electron chi connectivity index (χ1n) is 8.65. The van der Waals surface area contributed by atoms with Crippen molar-refractivity contribution in [3.63, 3.8) is 0 Å². The van der Waals surface area contributed by atoms with E-state index in [1.165, 1.54) is 20.3 Å². The Kier molecular flexibility index (Phi) is 6.69. The van der Waals surface area contributed by atoms with Crippen LogP contribution in [0.25, 0.3) is 5.76 Å². The molecule has 0 N–H and O–H groups in total. The highest BCUT2D eigenvalue weighted by Gasteiger charge is 2.47. The van der Waals surface area contributed by atoms with Crippen molar-refractivity contribution in [2.24, 2.45) is 0 Å². The fourth-order valence-corrected chi connectivity index (χ4v) is 9.85. The number of rotatable bonds is 8. The first kappa shape index (κ1) is 21.9. The van der Waals surface area contributed by atoms with E-state index in [0.717, 1.165) is 8.28 Å². The molecule has 0 radical (unpaired) electrons. The molecule has 0 unspecified atom stereocenters. The van der Waals surface area contributed by atoms with Gasteiger partial charge in [0.25, 0.3) is 8.32 Å². The summed E-state index contributed by atoms with van der Waals surface area (Å²) in [5, 5.41) is 0. The van der Waals surface area contributed by atoms with Crippen LogP contribution < -0.4 is 0 Å². The van der Waals surface area contributed by atoms with Gasteiger partial charge in [-0.1, -0.05) is 48.1 Å². The fourth-order valence-electron chi connectivity index (χ4n) is 3.63. The molecule has 0 spiro atoms. The molecule has 0 saturated carbocycles. The lowest BCUT2D eigenvalue weighted by molar-refractivity contribution is 0.439. The van der Waals surface area contributed by atoms with Crippen molar-refractivity contribution in [3.05, 3.63) is 24.3 Å². The van der Waals surface area contributed by atoms with Gasteiger partial charge in [-0.25, -0.2) is 8.96 Å². The second-order valence-corrected chi connectivity index (χ2v) is 15.0. The molecule has 0 aromatic carbocycles. The Hall–Kier alpha value is -1.12. The SMILES string of the molecule is C=C(O[Si](C(C)C)(C(C)C)C(C)C)c1nc(C)cn1S(=O)(=O)N(C)C. The van der Waals surface area contributed by atoms with E-state index >= 15 is 0 Å². The van der Waals surface area contributed by atoms with Crippen LogP contribution >= 0.6 is 0 Å². The van der Waals surface area contributed by atoms with E-state index in [4.69, 9.17) is 4.43 Å². The van der Waals surface area contributed by atoms with Crippen LogP contribution in [0, 0.1) is 6.92 Å². The molecule has 6 nitrogen and oxygen atoms in total. The zero-order valence-corrected chi connectivity index (χ0v) is 18.8. The molecule has 1 heterocycles. The maximum Gasteiger partial charge on any atom is 0.308 e. The van der Waals surface area contributed by atoms with Gasteiger partial charge < -0.3 is 4.43 Å². The Bertz CT molecular complexity index is 700. The minimum Gasteiger partial charge on any atom is -0.541 e. The van der Waals surface area contributed by atoms with Crippen molar-refractivity contribution < 1.29 is 12.8 Å². The molecule has 0 amide bonds. The molecule has 1 aromatic rings. The number of hydrogen-bond donors (Lipinski definition) is 0. The van der Waals surface area contributed by atoms with E-state index in [-0.39, 0.29) is 5.82 Å². The zero-order chi connectivity index (χ0) is 19.7. The summed E-state index contributed by atoms with van der Waals surface area (Å²) < 4.78 is 34.0. The van der Waals surface area contributed by atoms with E-state index in [0.29, 0.717) is 28.1 Å². The molecule has 1 aromatic heterocycles. The Morgan fingerprint density at radius 2 is 1.60 bits per heavy atom. The van der Waals surface area contributed by atoms with Crippen LogP contribution in [0.5, 0.6) is 0 Å². The lowest BCUT2D eigenvalue weighted by Crippen LogP contribution is -2.47. The van der Waals surface area contributed by atoms with Gasteiger partial charge in [0.2, 0.25) is 0 Å². The van der Waals surface area contributed by atoms with Crippen molar-refractivity contribution in [1.82, 2.24) is 13.3 Å². The molecule has 8 heteroatoms. The topological polar surface area (TPSA) is 64.4 Å². The molecule has 0 bridgehead atoms. The van der Waals surface area contributed by atoms with Crippen LogP contribution in [0.1, 0.15) is 53.1 Å². The normalized spacial score (nSPS) is 13.3. The summed E-state index contributed by atoms with van der Waals surface area (Å²) in [4.78, 5) is 4.38. The molecule has 1 rings (SSSR count). The Balaban J connectivity index is 3.43. The van der Waals surface area contributed by atoms with Gasteiger partial charge in [0, 0.05) is 20.3 Å². The molecule has 0 aliphatic carbocycles. The van der Waals surface area contributed by atoms with Crippen molar-refractivity contribution >= 4 is 24.3 Å². The predicted molar refractivity (Wildman–Crippen MR) is 106 cm³/mol. The number of imidazole rings is 1. The van der Waals surface area contributed by atoms with Gasteiger partial charge in [-0.15, -0.1) is 0 Å². The van der Waals surface area contributed by atoms with Crippen molar-refractivity contribution in [2.45, 2.75) is 65.1 Å². The smallest absolute Gasteiger partial charge is 0.308 e. The highest BCUT2D eigenvalue weighted by molar-refractivity contribution is 7.87. The number of hydrogen-bond acceptors (Lipinski definition) is 4. The van der Waals surface area contributed by atoms with Crippen LogP contribution in [-0.4, -0.2) is 44.1 Å². The number of nitrogens with zero attached hydrogens (tertiary/aromatic N) is 3. The van der Waals surface area contributed by atoms with Crippen LogP contribution in [0.15, 0.2) is 12.8 Å². The quantitative estimate of drug-likeness (QED) is 0.499. The van der Waals surface area contributed by atoms with Gasteiger partial charge in [0.15, 0.2) is 5.82 Å². The Morgan fingerprint density at radius 1 is 1.16 bits per heavy atom. The molecular formula is C17H33N3O3SSi. The third-order valence-electron chi connectivity index (χ3n) is 4.76. The van der Waals surface area contributed by atoms with E-state index in [2.05, 4.69) is 53.1 Å². The van der Waals surface area contributed by atoms with Crippen molar-refractivity contribution in [3.8, 4) is 0 Å². The Morgan fingerprint density at radius 3 is 1.96 bits per heavy atom. The fraction of sp³-hybridized carbons (Fsp3) is 0.706. The van der Waals surface area contributed by atoms with E-state index in [9.17, 15) is 8.42 Å². The molecule has 0 fully saturated rings. The maximum atomic E-state index is 12.6. The minimum absolute atomic E-state index is 0.255. The van der Waals surface area contributed by atoms with Crippen LogP contribution in [0.2, 0.25) is 16.6 Å². The van der Waals surface area contributed by atoms with E-state index in [1.54, 1.807) is 6.92 Å². The zero-order valence-electron chi connectivity index (χ0n) is 17.0. The van der Waals surface area contributed by atoms with Gasteiger partial charge >= 0.3 is 10.2 Å². The lowest BCUT2D eigenvalue weighted by atomic mass is 10.5. The molecule has 0 aliphatic heterocycles. The summed E-state index contributed by atoms with van der Waals surface area (Å²) in [5.41, 5.74) is 1.69. The summed E-state index contributed by atoms with van der Waals surface area (Å²) in [6.45, 7) is 18.9. The van der Waals surface area contributed by atoms with Gasteiger partial charge in [0.05, 0.1) is 5.69 Å². The Labute approximate surface area is 154 Å². The molecule has 0 aliphatic rings. The molecule has 144 valence electrons. The van der Waals surface area contributed by atoms with Crippen molar-refractivity contribution in [1.29, 1.82) is 0 Å². The standard InChI is InChI=1S/C17H33N3O3SSi/c1-12(2)25(13(3)4,14(5)6)23-16(8)17-18-15(7)11-20(17)24(21,22)19(9)10/h11-14H,8H2,1-7,9-10H3. The van der Waals surface area contributed by atoms with Gasteiger partial charge in [-0.05, 0) is 23.5 Å². The largest absolute Gasteiger partial charge is 0.541 e. The highest BCUT2D eigenvalue weighted by Crippen LogP contribution is 2.44. The molecular weight excluding hydrogens is 354 g/mol. The first-order chi connectivity index (χ1) is 11.3. The number of aromatic nitrogens is 2. The molecule has 0 saturated heterocycles. The van der Waals surface area contributed by atoms with Crippen LogP contribution in [-0.2, 0) is 14.6 Å². The monoisotopic (exact) mass is 387 g/mol. The van der Waals surface area contributed by atoms with Crippen molar-refractivity contribution in [2.75, 3.05) is 14.1 Å². The third-order valence-corrected chi connectivity index (χ3v) is 12.5. The van der Waals surface area contributed by atoms with E-state index < -0.39 is 18.5 Å². The lowest BCUT2D eigenvalue weighted by Gasteiger charge is -2.42.